The van der Waals surface area contributed by atoms with Crippen molar-refractivity contribution in [2.75, 3.05) is 25.5 Å². The van der Waals surface area contributed by atoms with E-state index in [0.717, 1.165) is 37.2 Å². The summed E-state index contributed by atoms with van der Waals surface area (Å²) in [5.41, 5.74) is 2.38. The minimum Gasteiger partial charge on any atom is -0.496 e. The van der Waals surface area contributed by atoms with Crippen molar-refractivity contribution >= 4 is 11.6 Å². The van der Waals surface area contributed by atoms with Gasteiger partial charge in [0.15, 0.2) is 0 Å². The quantitative estimate of drug-likeness (QED) is 0.706. The third kappa shape index (κ3) is 3.83. The molecule has 3 aromatic rings. The summed E-state index contributed by atoms with van der Waals surface area (Å²) in [4.78, 5) is 18.7. The first kappa shape index (κ1) is 18.0. The molecule has 1 saturated heterocycles. The number of nitrogens with zero attached hydrogens (tertiary/aromatic N) is 3. The van der Waals surface area contributed by atoms with Crippen LogP contribution < -0.4 is 10.1 Å². The normalized spacial score (nSPS) is 13.5. The molecule has 2 heterocycles. The van der Waals surface area contributed by atoms with Crippen molar-refractivity contribution in [2.45, 2.75) is 19.4 Å². The van der Waals surface area contributed by atoms with Gasteiger partial charge in [-0.3, -0.25) is 4.79 Å². The molecule has 144 valence electrons. The second kappa shape index (κ2) is 8.12. The van der Waals surface area contributed by atoms with Crippen molar-refractivity contribution in [2.24, 2.45) is 0 Å². The van der Waals surface area contributed by atoms with Gasteiger partial charge in [0.25, 0.3) is 5.91 Å². The number of likely N-dealkylation sites (tertiary alicyclic amines) is 1. The van der Waals surface area contributed by atoms with Crippen LogP contribution in [-0.2, 0) is 6.54 Å². The van der Waals surface area contributed by atoms with Gasteiger partial charge in [-0.15, -0.1) is 0 Å². The van der Waals surface area contributed by atoms with E-state index < -0.39 is 0 Å². The van der Waals surface area contributed by atoms with Gasteiger partial charge in [0.2, 0.25) is 11.7 Å². The van der Waals surface area contributed by atoms with Crippen molar-refractivity contribution in [3.63, 3.8) is 0 Å². The number of hydrogen-bond acceptors (Lipinski definition) is 6. The highest BCUT2D eigenvalue weighted by atomic mass is 16.5. The van der Waals surface area contributed by atoms with Crippen LogP contribution in [0.3, 0.4) is 0 Å². The lowest BCUT2D eigenvalue weighted by molar-refractivity contribution is 0.0793. The Morgan fingerprint density at radius 1 is 1.14 bits per heavy atom. The van der Waals surface area contributed by atoms with E-state index in [4.69, 9.17) is 9.26 Å². The second-order valence-corrected chi connectivity index (χ2v) is 6.64. The summed E-state index contributed by atoms with van der Waals surface area (Å²) in [6.45, 7) is 2.09. The Kier molecular flexibility index (Phi) is 5.23. The average molecular weight is 378 g/mol. The van der Waals surface area contributed by atoms with Crippen molar-refractivity contribution < 1.29 is 14.1 Å². The Balaban J connectivity index is 1.38. The molecule has 1 aromatic heterocycles. The first-order valence-corrected chi connectivity index (χ1v) is 9.34. The third-order valence-electron chi connectivity index (χ3n) is 4.78. The first-order valence-electron chi connectivity index (χ1n) is 9.34. The predicted molar refractivity (Wildman–Crippen MR) is 105 cm³/mol. The maximum Gasteiger partial charge on any atom is 0.253 e. The van der Waals surface area contributed by atoms with Gasteiger partial charge < -0.3 is 19.5 Å². The summed E-state index contributed by atoms with van der Waals surface area (Å²) in [5, 5.41) is 7.27. The monoisotopic (exact) mass is 378 g/mol. The molecule has 7 nitrogen and oxygen atoms in total. The second-order valence-electron chi connectivity index (χ2n) is 6.64. The lowest BCUT2D eigenvalue weighted by Crippen LogP contribution is -2.27. The topological polar surface area (TPSA) is 80.5 Å². The minimum absolute atomic E-state index is 0.0994. The number of rotatable bonds is 6. The highest BCUT2D eigenvalue weighted by Crippen LogP contribution is 2.27. The Bertz CT molecular complexity index is 946. The van der Waals surface area contributed by atoms with E-state index in [0.29, 0.717) is 29.6 Å². The van der Waals surface area contributed by atoms with Crippen LogP contribution in [0.4, 0.5) is 5.69 Å². The van der Waals surface area contributed by atoms with Crippen molar-refractivity contribution in [1.29, 1.82) is 0 Å². The number of para-hydroxylation sites is 1. The fourth-order valence-electron chi connectivity index (χ4n) is 3.28. The molecule has 0 unspecified atom stereocenters. The van der Waals surface area contributed by atoms with Gasteiger partial charge in [-0.05, 0) is 49.2 Å². The lowest BCUT2D eigenvalue weighted by Gasteiger charge is -2.15. The molecule has 1 aliphatic heterocycles. The van der Waals surface area contributed by atoms with Gasteiger partial charge >= 0.3 is 0 Å². The molecule has 1 amide bonds. The molecule has 0 bridgehead atoms. The number of carbonyl (C=O) groups is 1. The van der Waals surface area contributed by atoms with Crippen LogP contribution in [0.15, 0.2) is 53.1 Å². The van der Waals surface area contributed by atoms with Crippen LogP contribution in [0.25, 0.3) is 11.4 Å². The van der Waals surface area contributed by atoms with Gasteiger partial charge in [0, 0.05) is 24.3 Å². The maximum absolute atomic E-state index is 12.4. The molecule has 2 aromatic carbocycles. The number of hydrogen-bond donors (Lipinski definition) is 1. The van der Waals surface area contributed by atoms with Crippen LogP contribution in [-0.4, -0.2) is 41.1 Å². The fourth-order valence-corrected chi connectivity index (χ4v) is 3.28. The number of methoxy groups -OCH3 is 1. The first-order chi connectivity index (χ1) is 13.7. The van der Waals surface area contributed by atoms with E-state index in [-0.39, 0.29) is 5.91 Å². The molecule has 0 aliphatic carbocycles. The summed E-state index contributed by atoms with van der Waals surface area (Å²) in [7, 11) is 1.61. The van der Waals surface area contributed by atoms with Crippen LogP contribution >= 0.6 is 0 Å². The number of carbonyl (C=O) groups excluding carboxylic acids is 1. The smallest absolute Gasteiger partial charge is 0.253 e. The number of amides is 1. The molecule has 0 saturated carbocycles. The Labute approximate surface area is 163 Å². The zero-order chi connectivity index (χ0) is 19.3. The lowest BCUT2D eigenvalue weighted by atomic mass is 10.2. The molecule has 28 heavy (non-hydrogen) atoms. The number of aromatic nitrogens is 2. The van der Waals surface area contributed by atoms with Crippen LogP contribution in [0.5, 0.6) is 5.75 Å². The summed E-state index contributed by atoms with van der Waals surface area (Å²) in [6, 6.07) is 15.0. The van der Waals surface area contributed by atoms with Gasteiger partial charge in [-0.2, -0.15) is 4.98 Å². The van der Waals surface area contributed by atoms with E-state index in [1.807, 2.05) is 53.4 Å². The third-order valence-corrected chi connectivity index (χ3v) is 4.78. The molecule has 1 aliphatic rings. The van der Waals surface area contributed by atoms with E-state index in [1.165, 1.54) is 0 Å². The number of nitrogens with one attached hydrogen (secondary N) is 1. The molecule has 0 spiro atoms. The molecular weight excluding hydrogens is 356 g/mol. The molecule has 1 N–H and O–H groups in total. The summed E-state index contributed by atoms with van der Waals surface area (Å²) < 4.78 is 10.7. The molecule has 4 rings (SSSR count). The molecular formula is C21H22N4O3. The Morgan fingerprint density at radius 3 is 2.64 bits per heavy atom. The highest BCUT2D eigenvalue weighted by molar-refractivity contribution is 5.94. The van der Waals surface area contributed by atoms with E-state index in [1.54, 1.807) is 7.11 Å². The van der Waals surface area contributed by atoms with Gasteiger partial charge in [0.05, 0.1) is 19.2 Å². The Hall–Kier alpha value is -3.35. The van der Waals surface area contributed by atoms with Crippen molar-refractivity contribution in [1.82, 2.24) is 15.0 Å². The zero-order valence-corrected chi connectivity index (χ0v) is 15.7. The van der Waals surface area contributed by atoms with E-state index in [9.17, 15) is 4.79 Å². The minimum atomic E-state index is 0.0994. The molecule has 1 fully saturated rings. The van der Waals surface area contributed by atoms with Crippen molar-refractivity contribution in [3.05, 3.63) is 60.0 Å². The zero-order valence-electron chi connectivity index (χ0n) is 15.7. The molecule has 7 heteroatoms. The Morgan fingerprint density at radius 2 is 1.89 bits per heavy atom. The van der Waals surface area contributed by atoms with E-state index >= 15 is 0 Å². The van der Waals surface area contributed by atoms with Crippen LogP contribution in [0.2, 0.25) is 0 Å². The number of ether oxygens (including phenoxy) is 1. The standard InChI is InChI=1S/C21H22N4O3/c1-27-18-7-3-2-6-17(18)20-23-19(28-24-20)14-22-16-10-8-15(9-11-16)21(26)25-12-4-5-13-25/h2-3,6-11,22H,4-5,12-14H2,1H3. The number of anilines is 1. The van der Waals surface area contributed by atoms with E-state index in [2.05, 4.69) is 15.5 Å². The summed E-state index contributed by atoms with van der Waals surface area (Å²) in [5.74, 6) is 1.75. The largest absolute Gasteiger partial charge is 0.496 e. The predicted octanol–water partition coefficient (Wildman–Crippen LogP) is 3.59. The summed E-state index contributed by atoms with van der Waals surface area (Å²) in [6.07, 6.45) is 2.18. The van der Waals surface area contributed by atoms with Crippen LogP contribution in [0.1, 0.15) is 29.1 Å². The summed E-state index contributed by atoms with van der Waals surface area (Å²) >= 11 is 0. The van der Waals surface area contributed by atoms with Gasteiger partial charge in [-0.1, -0.05) is 17.3 Å². The number of benzene rings is 2. The van der Waals surface area contributed by atoms with Crippen molar-refractivity contribution in [3.8, 4) is 17.1 Å². The van der Waals surface area contributed by atoms with Gasteiger partial charge in [-0.25, -0.2) is 0 Å². The highest BCUT2D eigenvalue weighted by Gasteiger charge is 2.19. The SMILES string of the molecule is COc1ccccc1-c1noc(CNc2ccc(C(=O)N3CCCC3)cc2)n1. The van der Waals surface area contributed by atoms with Gasteiger partial charge in [0.1, 0.15) is 5.75 Å². The average Bonchev–Trinajstić information content (AvgIpc) is 3.44. The van der Waals surface area contributed by atoms with Crippen LogP contribution in [0, 0.1) is 0 Å². The molecule has 0 atom stereocenters. The maximum atomic E-state index is 12.4. The molecule has 0 radical (unpaired) electrons. The fraction of sp³-hybridized carbons (Fsp3) is 0.286.